The van der Waals surface area contributed by atoms with Crippen molar-refractivity contribution in [2.24, 2.45) is 0 Å². The lowest BCUT2D eigenvalue weighted by Crippen LogP contribution is -2.27. The van der Waals surface area contributed by atoms with Gasteiger partial charge in [-0.2, -0.15) is 0 Å². The molecule has 2 rings (SSSR count). The van der Waals surface area contributed by atoms with Crippen LogP contribution < -0.4 is 10.6 Å². The summed E-state index contributed by atoms with van der Waals surface area (Å²) in [4.78, 5) is 18.0. The van der Waals surface area contributed by atoms with E-state index in [4.69, 9.17) is 5.73 Å². The van der Waals surface area contributed by atoms with E-state index >= 15 is 0 Å². The van der Waals surface area contributed by atoms with Crippen molar-refractivity contribution >= 4 is 17.4 Å². The van der Waals surface area contributed by atoms with Crippen molar-refractivity contribution in [3.05, 3.63) is 53.2 Å². The Labute approximate surface area is 112 Å². The largest absolute Gasteiger partial charge is 0.384 e. The second-order valence-electron chi connectivity index (χ2n) is 4.60. The van der Waals surface area contributed by atoms with Crippen LogP contribution in [-0.4, -0.2) is 17.9 Å². The molecule has 0 aliphatic heterocycles. The van der Waals surface area contributed by atoms with Gasteiger partial charge in [0.05, 0.1) is 0 Å². The summed E-state index contributed by atoms with van der Waals surface area (Å²) >= 11 is 0. The van der Waals surface area contributed by atoms with Crippen LogP contribution in [0.15, 0.2) is 36.4 Å². The van der Waals surface area contributed by atoms with Gasteiger partial charge in [0.25, 0.3) is 5.91 Å². The molecule has 0 fully saturated rings. The Morgan fingerprint density at radius 2 is 1.95 bits per heavy atom. The van der Waals surface area contributed by atoms with Gasteiger partial charge in [-0.1, -0.05) is 23.8 Å². The Balaban J connectivity index is 2.33. The maximum absolute atomic E-state index is 12.3. The minimum absolute atomic E-state index is 0.167. The zero-order chi connectivity index (χ0) is 14.0. The number of carbonyl (C=O) groups is 1. The monoisotopic (exact) mass is 255 g/mol. The van der Waals surface area contributed by atoms with E-state index < -0.39 is 0 Å². The number of pyridine rings is 1. The molecule has 0 spiro atoms. The molecule has 0 saturated heterocycles. The summed E-state index contributed by atoms with van der Waals surface area (Å²) in [7, 11) is 1.74. The van der Waals surface area contributed by atoms with Crippen LogP contribution in [0, 0.1) is 13.8 Å². The number of amides is 1. The van der Waals surface area contributed by atoms with Crippen molar-refractivity contribution < 1.29 is 4.79 Å². The zero-order valence-electron chi connectivity index (χ0n) is 11.3. The summed E-state index contributed by atoms with van der Waals surface area (Å²) < 4.78 is 0. The van der Waals surface area contributed by atoms with Gasteiger partial charge < -0.3 is 10.6 Å². The molecule has 0 aliphatic rings. The molecule has 1 amide bonds. The molecule has 0 unspecified atom stereocenters. The van der Waals surface area contributed by atoms with Crippen molar-refractivity contribution in [2.75, 3.05) is 17.7 Å². The third kappa shape index (κ3) is 2.73. The van der Waals surface area contributed by atoms with Crippen molar-refractivity contribution in [1.29, 1.82) is 0 Å². The zero-order valence-corrected chi connectivity index (χ0v) is 11.3. The number of anilines is 2. The van der Waals surface area contributed by atoms with Gasteiger partial charge in [0.2, 0.25) is 0 Å². The Morgan fingerprint density at radius 1 is 1.21 bits per heavy atom. The number of hydrogen-bond donors (Lipinski definition) is 1. The highest BCUT2D eigenvalue weighted by atomic mass is 16.2. The lowest BCUT2D eigenvalue weighted by Gasteiger charge is -2.19. The smallest absolute Gasteiger partial charge is 0.276 e. The maximum atomic E-state index is 12.3. The fraction of sp³-hybridized carbons (Fsp3) is 0.200. The predicted molar refractivity (Wildman–Crippen MR) is 77.3 cm³/mol. The molecule has 0 saturated carbocycles. The number of nitrogen functional groups attached to an aromatic ring is 1. The van der Waals surface area contributed by atoms with E-state index in [9.17, 15) is 4.79 Å². The van der Waals surface area contributed by atoms with Crippen molar-refractivity contribution in [3.63, 3.8) is 0 Å². The summed E-state index contributed by atoms with van der Waals surface area (Å²) in [6.07, 6.45) is 0. The van der Waals surface area contributed by atoms with Crippen LogP contribution in [0.25, 0.3) is 0 Å². The summed E-state index contributed by atoms with van der Waals surface area (Å²) in [5, 5.41) is 0. The average molecular weight is 255 g/mol. The number of nitrogens with zero attached hydrogens (tertiary/aromatic N) is 2. The van der Waals surface area contributed by atoms with Gasteiger partial charge >= 0.3 is 0 Å². The van der Waals surface area contributed by atoms with Gasteiger partial charge in [0.15, 0.2) is 0 Å². The summed E-state index contributed by atoms with van der Waals surface area (Å²) in [5.74, 6) is 0.180. The van der Waals surface area contributed by atoms with Gasteiger partial charge in [0, 0.05) is 12.7 Å². The molecular formula is C15H17N3O. The van der Waals surface area contributed by atoms with E-state index in [0.717, 1.165) is 11.3 Å². The summed E-state index contributed by atoms with van der Waals surface area (Å²) in [6, 6.07) is 11.0. The highest BCUT2D eigenvalue weighted by molar-refractivity contribution is 6.05. The van der Waals surface area contributed by atoms with Gasteiger partial charge in [-0.25, -0.2) is 4.98 Å². The molecule has 19 heavy (non-hydrogen) atoms. The molecule has 0 bridgehead atoms. The first-order valence-corrected chi connectivity index (χ1v) is 6.07. The van der Waals surface area contributed by atoms with E-state index in [0.29, 0.717) is 11.5 Å². The predicted octanol–water partition coefficient (Wildman–Crippen LogP) is 2.56. The number of benzene rings is 1. The molecule has 2 N–H and O–H groups in total. The molecule has 2 aromatic rings. The Morgan fingerprint density at radius 3 is 2.58 bits per heavy atom. The Bertz CT molecular complexity index is 623. The van der Waals surface area contributed by atoms with E-state index in [1.165, 1.54) is 5.56 Å². The molecule has 0 aliphatic carbocycles. The molecule has 4 heteroatoms. The van der Waals surface area contributed by atoms with Gasteiger partial charge in [0.1, 0.15) is 11.5 Å². The highest BCUT2D eigenvalue weighted by Crippen LogP contribution is 2.21. The van der Waals surface area contributed by atoms with E-state index in [-0.39, 0.29) is 5.91 Å². The van der Waals surface area contributed by atoms with Crippen LogP contribution in [0.2, 0.25) is 0 Å². The van der Waals surface area contributed by atoms with Crippen LogP contribution in [0.4, 0.5) is 11.5 Å². The minimum atomic E-state index is -0.167. The summed E-state index contributed by atoms with van der Waals surface area (Å²) in [6.45, 7) is 4.01. The second-order valence-corrected chi connectivity index (χ2v) is 4.60. The molecule has 0 radical (unpaired) electrons. The number of aryl methyl sites for hydroxylation is 2. The van der Waals surface area contributed by atoms with Crippen LogP contribution in [0.5, 0.6) is 0 Å². The van der Waals surface area contributed by atoms with Crippen LogP contribution in [-0.2, 0) is 0 Å². The fourth-order valence-electron chi connectivity index (χ4n) is 2.03. The number of hydrogen-bond acceptors (Lipinski definition) is 3. The third-order valence-electron chi connectivity index (χ3n) is 3.01. The first-order chi connectivity index (χ1) is 8.99. The second kappa shape index (κ2) is 5.10. The number of aromatic nitrogens is 1. The van der Waals surface area contributed by atoms with E-state index in [1.807, 2.05) is 32.0 Å². The minimum Gasteiger partial charge on any atom is -0.384 e. The average Bonchev–Trinajstić information content (AvgIpc) is 2.37. The maximum Gasteiger partial charge on any atom is 0.276 e. The normalized spacial score (nSPS) is 10.3. The topological polar surface area (TPSA) is 59.2 Å². The number of rotatable bonds is 2. The van der Waals surface area contributed by atoms with Crippen LogP contribution >= 0.6 is 0 Å². The molecule has 1 heterocycles. The number of carbonyl (C=O) groups excluding carboxylic acids is 1. The molecule has 0 atom stereocenters. The van der Waals surface area contributed by atoms with Crippen molar-refractivity contribution in [3.8, 4) is 0 Å². The molecule has 4 nitrogen and oxygen atoms in total. The molecular weight excluding hydrogens is 238 g/mol. The van der Waals surface area contributed by atoms with Crippen molar-refractivity contribution in [1.82, 2.24) is 4.98 Å². The number of nitrogens with two attached hydrogens (primary N) is 1. The first-order valence-electron chi connectivity index (χ1n) is 6.07. The fourth-order valence-corrected chi connectivity index (χ4v) is 2.03. The van der Waals surface area contributed by atoms with Gasteiger partial charge in [-0.3, -0.25) is 4.79 Å². The first kappa shape index (κ1) is 13.1. The molecule has 1 aromatic carbocycles. The van der Waals surface area contributed by atoms with Crippen LogP contribution in [0.3, 0.4) is 0 Å². The Hall–Kier alpha value is -2.36. The quantitative estimate of drug-likeness (QED) is 0.897. The highest BCUT2D eigenvalue weighted by Gasteiger charge is 2.16. The third-order valence-corrected chi connectivity index (χ3v) is 3.01. The van der Waals surface area contributed by atoms with E-state index in [1.54, 1.807) is 30.1 Å². The summed E-state index contributed by atoms with van der Waals surface area (Å²) in [5.41, 5.74) is 9.05. The van der Waals surface area contributed by atoms with Gasteiger partial charge in [-0.15, -0.1) is 0 Å². The Kier molecular flexibility index (Phi) is 3.51. The lowest BCUT2D eigenvalue weighted by molar-refractivity contribution is 0.0988. The molecule has 1 aromatic heterocycles. The van der Waals surface area contributed by atoms with Crippen molar-refractivity contribution in [2.45, 2.75) is 13.8 Å². The standard InChI is InChI=1S/C15H17N3O/c1-10-7-8-13(11(2)9-10)18(3)15(19)12-5-4-6-14(16)17-12/h4-9H,1-3H3,(H2,16,17). The SMILES string of the molecule is Cc1ccc(N(C)C(=O)c2cccc(N)n2)c(C)c1. The van der Waals surface area contributed by atoms with Crippen LogP contribution in [0.1, 0.15) is 21.6 Å². The van der Waals surface area contributed by atoms with E-state index in [2.05, 4.69) is 4.98 Å². The lowest BCUT2D eigenvalue weighted by atomic mass is 10.1. The molecule has 98 valence electrons. The van der Waals surface area contributed by atoms with Gasteiger partial charge in [-0.05, 0) is 37.6 Å².